The van der Waals surface area contributed by atoms with Crippen LogP contribution in [-0.4, -0.2) is 28.7 Å². The highest BCUT2D eigenvalue weighted by atomic mass is 32.2. The molecule has 0 aromatic carbocycles. The lowest BCUT2D eigenvalue weighted by molar-refractivity contribution is -0.143. The number of aliphatic carboxylic acids is 1. The Morgan fingerprint density at radius 3 is 2.64 bits per heavy atom. The zero-order chi connectivity index (χ0) is 8.91. The molecule has 0 bridgehead atoms. The van der Waals surface area contributed by atoms with Crippen molar-refractivity contribution in [3.05, 3.63) is 4.91 Å². The first-order chi connectivity index (χ1) is 5.06. The number of nitrogens with zero attached hydrogens (tertiary/aromatic N) is 1. The molecule has 5 nitrogen and oxygen atoms in total. The van der Waals surface area contributed by atoms with Crippen molar-refractivity contribution in [2.45, 2.75) is 12.1 Å². The predicted octanol–water partition coefficient (Wildman–Crippen LogP) is 0.246. The van der Waals surface area contributed by atoms with Gasteiger partial charge in [0.25, 0.3) is 0 Å². The zero-order valence-electron chi connectivity index (χ0n) is 6.11. The minimum absolute atomic E-state index is 0.0625. The van der Waals surface area contributed by atoms with Crippen molar-refractivity contribution in [3.8, 4) is 0 Å². The van der Waals surface area contributed by atoms with E-state index in [0.717, 1.165) is 0 Å². The molecule has 0 amide bonds. The van der Waals surface area contributed by atoms with Crippen molar-refractivity contribution >= 4 is 17.7 Å². The van der Waals surface area contributed by atoms with E-state index >= 15 is 0 Å². The SMILES string of the molecule is CSCC[C@](N)(N=O)C(=O)O. The third kappa shape index (κ3) is 2.85. The summed E-state index contributed by atoms with van der Waals surface area (Å²) >= 11 is 1.42. The molecule has 0 heterocycles. The lowest BCUT2D eigenvalue weighted by Gasteiger charge is -2.14. The van der Waals surface area contributed by atoms with Crippen molar-refractivity contribution < 1.29 is 9.90 Å². The predicted molar refractivity (Wildman–Crippen MR) is 43.3 cm³/mol. The van der Waals surface area contributed by atoms with Crippen LogP contribution in [0, 0.1) is 4.91 Å². The maximum atomic E-state index is 10.3. The molecule has 0 saturated carbocycles. The number of rotatable bonds is 5. The number of hydrogen-bond donors (Lipinski definition) is 2. The van der Waals surface area contributed by atoms with E-state index in [1.807, 2.05) is 0 Å². The van der Waals surface area contributed by atoms with E-state index in [-0.39, 0.29) is 6.42 Å². The molecule has 0 aliphatic rings. The molecule has 0 radical (unpaired) electrons. The average Bonchev–Trinajstić information content (AvgIpc) is 2.00. The van der Waals surface area contributed by atoms with Crippen molar-refractivity contribution in [3.63, 3.8) is 0 Å². The number of hydrogen-bond acceptors (Lipinski definition) is 5. The fraction of sp³-hybridized carbons (Fsp3) is 0.800. The van der Waals surface area contributed by atoms with Gasteiger partial charge in [-0.15, -0.1) is 4.91 Å². The molecule has 0 aromatic heterocycles. The van der Waals surface area contributed by atoms with Crippen LogP contribution < -0.4 is 5.73 Å². The minimum atomic E-state index is -1.94. The molecule has 0 rings (SSSR count). The van der Waals surface area contributed by atoms with Crippen LogP contribution in [-0.2, 0) is 4.79 Å². The van der Waals surface area contributed by atoms with Gasteiger partial charge in [0.1, 0.15) is 0 Å². The molecular formula is C5H10N2O3S. The van der Waals surface area contributed by atoms with Gasteiger partial charge in [-0.3, -0.25) is 5.73 Å². The summed E-state index contributed by atoms with van der Waals surface area (Å²) in [5.74, 6) is -0.865. The van der Waals surface area contributed by atoms with Crippen molar-refractivity contribution in [2.24, 2.45) is 10.9 Å². The van der Waals surface area contributed by atoms with Gasteiger partial charge in [0, 0.05) is 6.42 Å². The van der Waals surface area contributed by atoms with E-state index in [2.05, 4.69) is 5.18 Å². The number of carboxylic acid groups (broad SMARTS) is 1. The Hall–Kier alpha value is -0.620. The topological polar surface area (TPSA) is 92.8 Å². The van der Waals surface area contributed by atoms with Crippen LogP contribution in [0.4, 0.5) is 0 Å². The van der Waals surface area contributed by atoms with Crippen LogP contribution in [0.1, 0.15) is 6.42 Å². The zero-order valence-corrected chi connectivity index (χ0v) is 6.93. The largest absolute Gasteiger partial charge is 0.478 e. The van der Waals surface area contributed by atoms with Gasteiger partial charge in [-0.2, -0.15) is 11.8 Å². The van der Waals surface area contributed by atoms with Crippen LogP contribution in [0.25, 0.3) is 0 Å². The molecule has 0 fully saturated rings. The molecule has 6 heteroatoms. The summed E-state index contributed by atoms with van der Waals surface area (Å²) in [6.45, 7) is 0. The van der Waals surface area contributed by atoms with Crippen molar-refractivity contribution in [2.75, 3.05) is 12.0 Å². The maximum absolute atomic E-state index is 10.3. The maximum Gasteiger partial charge on any atom is 0.350 e. The second kappa shape index (κ2) is 4.30. The standard InChI is InChI=1S/C5H10N2O3S/c1-11-3-2-5(6,7-10)4(8)9/h2-3,6H2,1H3,(H,8,9)/t5-/m0/s1. The van der Waals surface area contributed by atoms with Gasteiger partial charge in [0.05, 0.1) is 0 Å². The molecule has 3 N–H and O–H groups in total. The Labute approximate surface area is 68.3 Å². The Bertz CT molecular complexity index is 164. The number of carbonyl (C=O) groups is 1. The van der Waals surface area contributed by atoms with E-state index in [9.17, 15) is 9.70 Å². The van der Waals surface area contributed by atoms with Gasteiger partial charge in [0.15, 0.2) is 0 Å². The first-order valence-corrected chi connectivity index (χ1v) is 4.32. The van der Waals surface area contributed by atoms with E-state index in [0.29, 0.717) is 5.75 Å². The Kier molecular flexibility index (Phi) is 4.06. The van der Waals surface area contributed by atoms with Crippen molar-refractivity contribution in [1.82, 2.24) is 0 Å². The molecule has 0 aromatic rings. The number of carboxylic acids is 1. The van der Waals surface area contributed by atoms with Gasteiger partial charge >= 0.3 is 5.97 Å². The van der Waals surface area contributed by atoms with Crippen LogP contribution in [0.2, 0.25) is 0 Å². The third-order valence-corrected chi connectivity index (χ3v) is 1.83. The normalized spacial score (nSPS) is 15.5. The quantitative estimate of drug-likeness (QED) is 0.588. The third-order valence-electron chi connectivity index (χ3n) is 1.22. The number of thioether (sulfide) groups is 1. The monoisotopic (exact) mass is 178 g/mol. The van der Waals surface area contributed by atoms with Crippen LogP contribution in [0.15, 0.2) is 5.18 Å². The summed E-state index contributed by atoms with van der Waals surface area (Å²) in [5, 5.41) is 10.8. The second-order valence-electron chi connectivity index (χ2n) is 2.06. The Morgan fingerprint density at radius 2 is 2.36 bits per heavy atom. The fourth-order valence-electron chi connectivity index (χ4n) is 0.449. The van der Waals surface area contributed by atoms with Crippen LogP contribution >= 0.6 is 11.8 Å². The van der Waals surface area contributed by atoms with E-state index in [4.69, 9.17) is 10.8 Å². The lowest BCUT2D eigenvalue weighted by Crippen LogP contribution is -2.46. The van der Waals surface area contributed by atoms with Crippen molar-refractivity contribution in [1.29, 1.82) is 0 Å². The van der Waals surface area contributed by atoms with Gasteiger partial charge in [-0.05, 0) is 17.2 Å². The lowest BCUT2D eigenvalue weighted by atomic mass is 10.1. The summed E-state index contributed by atoms with van der Waals surface area (Å²) in [7, 11) is 0. The number of nitroso groups, excluding NO2 is 1. The van der Waals surface area contributed by atoms with Crippen LogP contribution in [0.5, 0.6) is 0 Å². The molecule has 11 heavy (non-hydrogen) atoms. The molecule has 0 unspecified atom stereocenters. The smallest absolute Gasteiger partial charge is 0.350 e. The van der Waals surface area contributed by atoms with Gasteiger partial charge in [0.2, 0.25) is 5.66 Å². The summed E-state index contributed by atoms with van der Waals surface area (Å²) in [4.78, 5) is 20.3. The first-order valence-electron chi connectivity index (χ1n) is 2.92. The molecule has 0 aliphatic heterocycles. The fourth-order valence-corrected chi connectivity index (χ4v) is 0.965. The van der Waals surface area contributed by atoms with Gasteiger partial charge in [-0.1, -0.05) is 0 Å². The molecule has 1 atom stereocenters. The van der Waals surface area contributed by atoms with E-state index in [1.165, 1.54) is 11.8 Å². The van der Waals surface area contributed by atoms with E-state index in [1.54, 1.807) is 6.26 Å². The summed E-state index contributed by atoms with van der Waals surface area (Å²) < 4.78 is 0. The average molecular weight is 178 g/mol. The number of nitrogens with two attached hydrogens (primary N) is 1. The van der Waals surface area contributed by atoms with Gasteiger partial charge < -0.3 is 5.11 Å². The Balaban J connectivity index is 4.10. The van der Waals surface area contributed by atoms with Gasteiger partial charge in [-0.25, -0.2) is 4.79 Å². The molecule has 0 saturated heterocycles. The highest BCUT2D eigenvalue weighted by Crippen LogP contribution is 2.11. The van der Waals surface area contributed by atoms with E-state index < -0.39 is 11.6 Å². The molecule has 0 spiro atoms. The summed E-state index contributed by atoms with van der Waals surface area (Å²) in [5.41, 5.74) is 3.19. The molecule has 64 valence electrons. The Morgan fingerprint density at radius 1 is 1.82 bits per heavy atom. The second-order valence-corrected chi connectivity index (χ2v) is 3.05. The minimum Gasteiger partial charge on any atom is -0.478 e. The summed E-state index contributed by atoms with van der Waals surface area (Å²) in [6, 6.07) is 0. The summed E-state index contributed by atoms with van der Waals surface area (Å²) in [6.07, 6.45) is 1.86. The molecular weight excluding hydrogens is 168 g/mol. The molecule has 0 aliphatic carbocycles. The van der Waals surface area contributed by atoms with Crippen LogP contribution in [0.3, 0.4) is 0 Å². The highest BCUT2D eigenvalue weighted by molar-refractivity contribution is 7.98. The first kappa shape index (κ1) is 10.4. The highest BCUT2D eigenvalue weighted by Gasteiger charge is 2.34.